The molecule has 4 rings (SSSR count). The largest absolute Gasteiger partial charge is 0.508 e. The lowest BCUT2D eigenvalue weighted by Gasteiger charge is -2.29. The van der Waals surface area contributed by atoms with Crippen LogP contribution in [0.3, 0.4) is 0 Å². The molecule has 1 aliphatic carbocycles. The van der Waals surface area contributed by atoms with Gasteiger partial charge in [0, 0.05) is 23.0 Å². The number of nitrogens with one attached hydrogen (secondary N) is 1. The second-order valence-corrected chi connectivity index (χ2v) is 8.06. The van der Waals surface area contributed by atoms with E-state index in [0.717, 1.165) is 6.08 Å². The summed E-state index contributed by atoms with van der Waals surface area (Å²) in [5.41, 5.74) is -0.947. The maximum Gasteiger partial charge on any atom is 0.194 e. The van der Waals surface area contributed by atoms with Crippen LogP contribution in [0.4, 0.5) is 5.69 Å². The molecule has 1 aliphatic heterocycles. The number of allylic oxidation sites excluding steroid dienone is 4. The van der Waals surface area contributed by atoms with Crippen LogP contribution >= 0.6 is 0 Å². The molecule has 2 aromatic rings. The first-order valence-corrected chi connectivity index (χ1v) is 9.84. The molecule has 0 bridgehead atoms. The van der Waals surface area contributed by atoms with E-state index in [0.29, 0.717) is 5.69 Å². The normalized spacial score (nSPS) is 20.8. The molecule has 1 atom stereocenters. The Labute approximate surface area is 183 Å². The second kappa shape index (κ2) is 6.98. The summed E-state index contributed by atoms with van der Waals surface area (Å²) in [5.74, 6) is -2.60. The van der Waals surface area contributed by atoms with Crippen LogP contribution in [-0.2, 0) is 15.0 Å². The number of anilines is 1. The Morgan fingerprint density at radius 3 is 2.25 bits per heavy atom. The number of aromatic hydroxyl groups is 3. The van der Waals surface area contributed by atoms with Crippen LogP contribution < -0.4 is 10.1 Å². The molecule has 164 valence electrons. The van der Waals surface area contributed by atoms with E-state index in [1.165, 1.54) is 32.9 Å². The van der Waals surface area contributed by atoms with E-state index in [4.69, 9.17) is 4.74 Å². The number of rotatable bonds is 3. The zero-order chi connectivity index (χ0) is 23.5. The van der Waals surface area contributed by atoms with Crippen LogP contribution in [0.25, 0.3) is 0 Å². The van der Waals surface area contributed by atoms with Gasteiger partial charge in [0.25, 0.3) is 0 Å². The van der Waals surface area contributed by atoms with E-state index < -0.39 is 28.5 Å². The van der Waals surface area contributed by atoms with Crippen molar-refractivity contribution in [3.8, 4) is 23.0 Å². The van der Waals surface area contributed by atoms with Crippen molar-refractivity contribution in [3.63, 3.8) is 0 Å². The minimum atomic E-state index is -1.57. The Morgan fingerprint density at radius 2 is 1.66 bits per heavy atom. The first kappa shape index (κ1) is 21.2. The van der Waals surface area contributed by atoms with E-state index in [1.54, 1.807) is 19.1 Å². The van der Waals surface area contributed by atoms with Gasteiger partial charge in [-0.3, -0.25) is 14.4 Å². The third-order valence-electron chi connectivity index (χ3n) is 5.96. The topological polar surface area (TPSA) is 133 Å². The van der Waals surface area contributed by atoms with Crippen LogP contribution in [0, 0.1) is 6.92 Å². The van der Waals surface area contributed by atoms with Gasteiger partial charge in [0.15, 0.2) is 17.3 Å². The van der Waals surface area contributed by atoms with E-state index in [2.05, 4.69) is 5.32 Å². The van der Waals surface area contributed by atoms with Crippen molar-refractivity contribution in [2.75, 3.05) is 5.32 Å². The number of phenolic OH excluding ortho intramolecular Hbond substituents is 3. The molecule has 0 radical (unpaired) electrons. The lowest BCUT2D eigenvalue weighted by Crippen LogP contribution is -2.40. The Balaban J connectivity index is 1.91. The third kappa shape index (κ3) is 2.80. The fourth-order valence-corrected chi connectivity index (χ4v) is 4.19. The second-order valence-electron chi connectivity index (χ2n) is 8.06. The Kier molecular flexibility index (Phi) is 4.62. The van der Waals surface area contributed by atoms with E-state index in [1.807, 2.05) is 0 Å². The number of hydrogen-bond acceptors (Lipinski definition) is 8. The van der Waals surface area contributed by atoms with Crippen molar-refractivity contribution in [1.82, 2.24) is 0 Å². The summed E-state index contributed by atoms with van der Waals surface area (Å²) in [4.78, 5) is 38.8. The molecular formula is C24H21NO7. The van der Waals surface area contributed by atoms with Gasteiger partial charge < -0.3 is 25.4 Å². The summed E-state index contributed by atoms with van der Waals surface area (Å²) in [7, 11) is 0. The Bertz CT molecular complexity index is 1280. The third-order valence-corrected chi connectivity index (χ3v) is 5.96. The highest BCUT2D eigenvalue weighted by atomic mass is 16.5. The predicted molar refractivity (Wildman–Crippen MR) is 115 cm³/mol. The van der Waals surface area contributed by atoms with Crippen molar-refractivity contribution < 1.29 is 34.4 Å². The van der Waals surface area contributed by atoms with Gasteiger partial charge in [-0.25, -0.2) is 0 Å². The molecule has 0 fully saturated rings. The highest BCUT2D eigenvalue weighted by molar-refractivity contribution is 6.31. The highest BCUT2D eigenvalue weighted by Crippen LogP contribution is 2.57. The lowest BCUT2D eigenvalue weighted by molar-refractivity contribution is -0.123. The fourth-order valence-electron chi connectivity index (χ4n) is 4.19. The lowest BCUT2D eigenvalue weighted by atomic mass is 9.70. The van der Waals surface area contributed by atoms with Crippen molar-refractivity contribution >= 4 is 23.0 Å². The molecule has 0 saturated heterocycles. The van der Waals surface area contributed by atoms with Crippen molar-refractivity contribution in [2.24, 2.45) is 0 Å². The van der Waals surface area contributed by atoms with Crippen molar-refractivity contribution in [1.29, 1.82) is 0 Å². The van der Waals surface area contributed by atoms with Gasteiger partial charge >= 0.3 is 0 Å². The van der Waals surface area contributed by atoms with Crippen LogP contribution in [-0.4, -0.2) is 32.7 Å². The number of Topliss-reactive ketones (excluding diaryl/α,β-unsaturated/α-hetero) is 2. The number of phenols is 3. The molecule has 0 amide bonds. The monoisotopic (exact) mass is 435 g/mol. The number of ether oxygens (including phenoxy) is 1. The summed E-state index contributed by atoms with van der Waals surface area (Å²) in [6.45, 7) is 5.74. The number of carbonyl (C=O) groups excluding carboxylic acids is 3. The fraction of sp³-hybridized carbons (Fsp3) is 0.208. The molecule has 2 aliphatic rings. The van der Waals surface area contributed by atoms with Crippen molar-refractivity contribution in [2.45, 2.75) is 33.1 Å². The van der Waals surface area contributed by atoms with Gasteiger partial charge in [0.05, 0.1) is 11.1 Å². The van der Waals surface area contributed by atoms with Crippen molar-refractivity contribution in [3.05, 3.63) is 64.1 Å². The minimum absolute atomic E-state index is 0.0218. The molecule has 8 nitrogen and oxygen atoms in total. The highest BCUT2D eigenvalue weighted by Gasteiger charge is 2.56. The van der Waals surface area contributed by atoms with Crippen LogP contribution in [0.15, 0.2) is 47.4 Å². The van der Waals surface area contributed by atoms with E-state index >= 15 is 0 Å². The first-order valence-electron chi connectivity index (χ1n) is 9.84. The van der Waals surface area contributed by atoms with Crippen LogP contribution in [0.5, 0.6) is 23.0 Å². The Morgan fingerprint density at radius 1 is 1.03 bits per heavy atom. The molecule has 0 unspecified atom stereocenters. The maximum absolute atomic E-state index is 13.7. The Hall–Kier alpha value is -4.07. The predicted octanol–water partition coefficient (Wildman–Crippen LogP) is 3.39. The van der Waals surface area contributed by atoms with Crippen LogP contribution in [0.1, 0.15) is 42.3 Å². The zero-order valence-electron chi connectivity index (χ0n) is 17.9. The van der Waals surface area contributed by atoms with Gasteiger partial charge in [-0.05, 0) is 52.0 Å². The number of benzene rings is 2. The first-order chi connectivity index (χ1) is 15.0. The summed E-state index contributed by atoms with van der Waals surface area (Å²) in [5, 5.41) is 33.6. The average Bonchev–Trinajstić information content (AvgIpc) is 3.01. The van der Waals surface area contributed by atoms with E-state index in [-0.39, 0.29) is 51.0 Å². The standard InChI is InChI=1S/C24H21NO7/c1-10-20(29)18(12(3)26)22-19(21(10)30)24(4)16(32-22)9-15(28)17(23(24)31)11(2)25-13-5-7-14(27)8-6-13/h5-9,25,27,29-30H,1-4H3/t24-/m0/s1. The zero-order valence-corrected chi connectivity index (χ0v) is 17.9. The smallest absolute Gasteiger partial charge is 0.194 e. The summed E-state index contributed by atoms with van der Waals surface area (Å²) in [6, 6.07) is 6.10. The number of hydrogen-bond donors (Lipinski definition) is 4. The average molecular weight is 435 g/mol. The summed E-state index contributed by atoms with van der Waals surface area (Å²) in [6.07, 6.45) is 1.16. The molecule has 4 N–H and O–H groups in total. The van der Waals surface area contributed by atoms with Gasteiger partial charge in [0.1, 0.15) is 39.7 Å². The molecule has 1 heterocycles. The number of ketones is 3. The maximum atomic E-state index is 13.7. The van der Waals surface area contributed by atoms with Gasteiger partial charge in [-0.2, -0.15) is 0 Å². The molecule has 8 heteroatoms. The molecular weight excluding hydrogens is 414 g/mol. The van der Waals surface area contributed by atoms with Gasteiger partial charge in [0.2, 0.25) is 0 Å². The quantitative estimate of drug-likeness (QED) is 0.250. The SMILES string of the molecule is CC(=O)c1c(O)c(C)c(O)c2c1OC1=CC(=O)C(=C(C)Nc3ccc(O)cc3)C(=O)[C@@]12C. The molecule has 2 aromatic carbocycles. The van der Waals surface area contributed by atoms with E-state index in [9.17, 15) is 29.7 Å². The minimum Gasteiger partial charge on any atom is -0.508 e. The molecule has 0 spiro atoms. The van der Waals surface area contributed by atoms with Gasteiger partial charge in [-0.15, -0.1) is 0 Å². The van der Waals surface area contributed by atoms with Gasteiger partial charge in [-0.1, -0.05) is 0 Å². The van der Waals surface area contributed by atoms with Crippen LogP contribution in [0.2, 0.25) is 0 Å². The summed E-state index contributed by atoms with van der Waals surface area (Å²) >= 11 is 0. The number of carbonyl (C=O) groups is 3. The molecule has 0 saturated carbocycles. The molecule has 0 aromatic heterocycles. The summed E-state index contributed by atoms with van der Waals surface area (Å²) < 4.78 is 5.73. The number of fused-ring (bicyclic) bond motifs is 3. The molecule has 32 heavy (non-hydrogen) atoms.